The molecule has 4 atom stereocenters. The lowest BCUT2D eigenvalue weighted by Crippen LogP contribution is -2.66. The van der Waals surface area contributed by atoms with Crippen molar-refractivity contribution >= 4 is 52.8 Å². The van der Waals surface area contributed by atoms with Crippen LogP contribution in [0.2, 0.25) is 5.02 Å². The zero-order chi connectivity index (χ0) is 39.9. The monoisotopic (exact) mass is 778 g/mol. The second kappa shape index (κ2) is 18.1. The molecular formula is C39H51ClN8O7. The van der Waals surface area contributed by atoms with E-state index in [1.54, 1.807) is 32.9 Å². The highest BCUT2D eigenvalue weighted by Gasteiger charge is 2.44. The van der Waals surface area contributed by atoms with Gasteiger partial charge in [0.25, 0.3) is 17.7 Å². The maximum atomic E-state index is 14.5. The molecule has 0 bridgehead atoms. The number of hydrogen-bond acceptors (Lipinski definition) is 9. The second-order valence-electron chi connectivity index (χ2n) is 15.9. The maximum absolute atomic E-state index is 14.5. The lowest BCUT2D eigenvalue weighted by Gasteiger charge is -2.44. The van der Waals surface area contributed by atoms with Gasteiger partial charge in [-0.05, 0) is 60.8 Å². The van der Waals surface area contributed by atoms with Crippen molar-refractivity contribution < 1.29 is 33.6 Å². The van der Waals surface area contributed by atoms with Crippen LogP contribution in [0.15, 0.2) is 42.9 Å². The molecule has 3 fully saturated rings. The van der Waals surface area contributed by atoms with Gasteiger partial charge in [0, 0.05) is 36.1 Å². The Morgan fingerprint density at radius 2 is 1.58 bits per heavy atom. The summed E-state index contributed by atoms with van der Waals surface area (Å²) in [6, 6.07) is 1.68. The number of nitrogens with two attached hydrogens (primary N) is 1. The molecule has 5 rings (SSSR count). The van der Waals surface area contributed by atoms with E-state index in [1.165, 1.54) is 40.5 Å². The summed E-state index contributed by atoms with van der Waals surface area (Å²) in [4.78, 5) is 106. The average molecular weight is 779 g/mol. The van der Waals surface area contributed by atoms with Gasteiger partial charge < -0.3 is 31.5 Å². The smallest absolute Gasteiger partial charge is 0.287 e. The number of hydrogen-bond donors (Lipinski definition) is 4. The quantitative estimate of drug-likeness (QED) is 0.220. The molecule has 16 heteroatoms. The van der Waals surface area contributed by atoms with Gasteiger partial charge in [-0.2, -0.15) is 0 Å². The third kappa shape index (κ3) is 10.4. The van der Waals surface area contributed by atoms with Crippen molar-refractivity contribution in [3.8, 4) is 0 Å². The summed E-state index contributed by atoms with van der Waals surface area (Å²) in [7, 11) is 0. The topological polar surface area (TPSA) is 214 Å². The lowest BCUT2D eigenvalue weighted by molar-refractivity contribution is -0.144. The highest BCUT2D eigenvalue weighted by atomic mass is 35.5. The third-order valence-corrected chi connectivity index (χ3v) is 11.2. The predicted octanol–water partition coefficient (Wildman–Crippen LogP) is 2.42. The number of halogens is 1. The summed E-state index contributed by atoms with van der Waals surface area (Å²) in [6.07, 6.45) is 11.3. The normalized spacial score (nSPS) is 19.6. The minimum atomic E-state index is -1.26. The highest BCUT2D eigenvalue weighted by Crippen LogP contribution is 2.31. The van der Waals surface area contributed by atoms with E-state index in [1.807, 2.05) is 0 Å². The maximum Gasteiger partial charge on any atom is 0.287 e. The van der Waals surface area contributed by atoms with Crippen LogP contribution in [-0.2, 0) is 24.0 Å². The molecule has 2 aliphatic carbocycles. The standard InChI is InChI=1S/C39H51ClN8O7/c1-39(2,3)32(46-36(53)30(24-10-5-4-6-11-24)45-34(51)28-21-42-16-17-43-28)38(55)47-18-19-48(37(54)25-12-14-26(40)15-13-25)29(22-47)35(52)44-27(31(49)33(41)50)20-23-8-7-9-23/h12-17,21,23-24,27,29-30,32H,4-11,18-20,22H2,1-3H3,(H2,41,50)(H,44,52)(H,45,51)(H,46,53)/t27?,29-,30-,32+/m0/s1. The van der Waals surface area contributed by atoms with Crippen LogP contribution in [0.25, 0.3) is 0 Å². The molecule has 1 aromatic carbocycles. The van der Waals surface area contributed by atoms with Gasteiger partial charge in [0.15, 0.2) is 0 Å². The van der Waals surface area contributed by atoms with Gasteiger partial charge in [-0.3, -0.25) is 38.5 Å². The fourth-order valence-corrected chi connectivity index (χ4v) is 7.63. The van der Waals surface area contributed by atoms with Crippen molar-refractivity contribution in [1.82, 2.24) is 35.7 Å². The number of piperazine rings is 1. The van der Waals surface area contributed by atoms with Gasteiger partial charge in [-0.15, -0.1) is 0 Å². The molecule has 3 aliphatic rings. The van der Waals surface area contributed by atoms with Crippen LogP contribution < -0.4 is 21.7 Å². The third-order valence-electron chi connectivity index (χ3n) is 10.9. The Hall–Kier alpha value is -4.92. The minimum absolute atomic E-state index is 0.0333. The van der Waals surface area contributed by atoms with Gasteiger partial charge in [-0.25, -0.2) is 4.98 Å². The van der Waals surface area contributed by atoms with Gasteiger partial charge >= 0.3 is 0 Å². The number of carbonyl (C=O) groups excluding carboxylic acids is 7. The fraction of sp³-hybridized carbons (Fsp3) is 0.564. The Morgan fingerprint density at radius 3 is 2.16 bits per heavy atom. The van der Waals surface area contributed by atoms with Crippen LogP contribution in [0.4, 0.5) is 0 Å². The van der Waals surface area contributed by atoms with Gasteiger partial charge in [0.1, 0.15) is 23.8 Å². The van der Waals surface area contributed by atoms with Crippen molar-refractivity contribution in [2.75, 3.05) is 19.6 Å². The molecule has 1 aromatic heterocycles. The van der Waals surface area contributed by atoms with E-state index in [-0.39, 0.29) is 49.1 Å². The Labute approximate surface area is 325 Å². The van der Waals surface area contributed by atoms with Crippen LogP contribution in [0.5, 0.6) is 0 Å². The Bertz CT molecular complexity index is 1740. The van der Waals surface area contributed by atoms with E-state index >= 15 is 0 Å². The summed E-state index contributed by atoms with van der Waals surface area (Å²) in [5.74, 6) is -4.93. The number of rotatable bonds is 13. The SMILES string of the molecule is CC(C)(C)[C@H](NC(=O)[C@@H](NC(=O)c1cnccn1)C1CCCCC1)C(=O)N1CCN(C(=O)c2ccc(Cl)cc2)[C@H](C(=O)NC(CC2CCC2)C(=O)C(N)=O)C1. The van der Waals surface area contributed by atoms with E-state index < -0.39 is 70.8 Å². The molecule has 5 N–H and O–H groups in total. The predicted molar refractivity (Wildman–Crippen MR) is 202 cm³/mol. The Morgan fingerprint density at radius 1 is 0.891 bits per heavy atom. The van der Waals surface area contributed by atoms with E-state index in [0.29, 0.717) is 17.9 Å². The van der Waals surface area contributed by atoms with Crippen molar-refractivity contribution in [3.05, 3.63) is 59.1 Å². The van der Waals surface area contributed by atoms with Gasteiger partial charge in [0.05, 0.1) is 18.8 Å². The molecule has 2 aromatic rings. The number of primary amides is 1. The molecule has 1 unspecified atom stereocenters. The highest BCUT2D eigenvalue weighted by molar-refractivity contribution is 6.37. The molecule has 2 saturated carbocycles. The summed E-state index contributed by atoms with van der Waals surface area (Å²) in [5, 5.41) is 8.89. The number of Topliss-reactive ketones (excluding diaryl/α,β-unsaturated/α-hetero) is 1. The van der Waals surface area contributed by atoms with Crippen LogP contribution in [0, 0.1) is 17.3 Å². The van der Waals surface area contributed by atoms with Crippen LogP contribution in [0.1, 0.15) is 99.4 Å². The van der Waals surface area contributed by atoms with Gasteiger partial charge in [0.2, 0.25) is 23.5 Å². The largest absolute Gasteiger partial charge is 0.363 e. The molecule has 296 valence electrons. The van der Waals surface area contributed by atoms with Crippen LogP contribution in [-0.4, -0.2) is 105 Å². The van der Waals surface area contributed by atoms with Crippen LogP contribution >= 0.6 is 11.6 Å². The fourth-order valence-electron chi connectivity index (χ4n) is 7.50. The Balaban J connectivity index is 1.39. The molecule has 2 heterocycles. The first-order chi connectivity index (χ1) is 26.1. The number of carbonyl (C=O) groups is 7. The first-order valence-corrected chi connectivity index (χ1v) is 19.4. The number of aromatic nitrogens is 2. The van der Waals surface area contributed by atoms with Crippen LogP contribution in [0.3, 0.4) is 0 Å². The average Bonchev–Trinajstić information content (AvgIpc) is 3.16. The number of ketones is 1. The lowest BCUT2D eigenvalue weighted by atomic mass is 9.80. The zero-order valence-corrected chi connectivity index (χ0v) is 32.3. The molecule has 1 saturated heterocycles. The van der Waals surface area contributed by atoms with E-state index in [4.69, 9.17) is 17.3 Å². The second-order valence-corrected chi connectivity index (χ2v) is 16.3. The zero-order valence-electron chi connectivity index (χ0n) is 31.6. The minimum Gasteiger partial charge on any atom is -0.363 e. The summed E-state index contributed by atoms with van der Waals surface area (Å²) in [6.45, 7) is 5.12. The summed E-state index contributed by atoms with van der Waals surface area (Å²) in [5.41, 5.74) is 4.85. The Kier molecular flexibility index (Phi) is 13.6. The molecule has 6 amide bonds. The van der Waals surface area contributed by atoms with E-state index in [9.17, 15) is 33.6 Å². The first kappa shape index (κ1) is 41.2. The van der Waals surface area contributed by atoms with Gasteiger partial charge in [-0.1, -0.05) is 70.9 Å². The molecular weight excluding hydrogens is 728 g/mol. The van der Waals surface area contributed by atoms with E-state index in [0.717, 1.165) is 38.5 Å². The van der Waals surface area contributed by atoms with E-state index in [2.05, 4.69) is 25.9 Å². The summed E-state index contributed by atoms with van der Waals surface area (Å²) >= 11 is 6.07. The molecule has 0 radical (unpaired) electrons. The molecule has 1 aliphatic heterocycles. The molecule has 0 spiro atoms. The van der Waals surface area contributed by atoms with Crippen molar-refractivity contribution in [3.63, 3.8) is 0 Å². The number of amides is 6. The van der Waals surface area contributed by atoms with Crippen molar-refractivity contribution in [2.24, 2.45) is 23.0 Å². The van der Waals surface area contributed by atoms with Crippen molar-refractivity contribution in [2.45, 2.75) is 103 Å². The van der Waals surface area contributed by atoms with Crippen molar-refractivity contribution in [1.29, 1.82) is 0 Å². The summed E-state index contributed by atoms with van der Waals surface area (Å²) < 4.78 is 0. The number of benzene rings is 1. The molecule has 55 heavy (non-hydrogen) atoms. The number of nitrogens with zero attached hydrogens (tertiary/aromatic N) is 4. The first-order valence-electron chi connectivity index (χ1n) is 19.0. The number of nitrogens with one attached hydrogen (secondary N) is 3. The molecule has 15 nitrogen and oxygen atoms in total.